The Morgan fingerprint density at radius 2 is 1.69 bits per heavy atom. The Bertz CT molecular complexity index is 396. The molecule has 1 aromatic carbocycles. The van der Waals surface area contributed by atoms with Crippen LogP contribution in [0.1, 0.15) is 5.56 Å². The fourth-order valence-corrected chi connectivity index (χ4v) is 1.40. The van der Waals surface area contributed by atoms with Gasteiger partial charge in [0.25, 0.3) is 0 Å². The van der Waals surface area contributed by atoms with Crippen LogP contribution in [0.25, 0.3) is 6.08 Å². The van der Waals surface area contributed by atoms with Crippen molar-refractivity contribution in [2.24, 2.45) is 0 Å². The molecule has 0 heterocycles. The van der Waals surface area contributed by atoms with Crippen molar-refractivity contribution < 1.29 is 19.0 Å². The lowest BCUT2D eigenvalue weighted by atomic mass is 10.1. The van der Waals surface area contributed by atoms with Crippen LogP contribution in [-0.2, 0) is 4.79 Å². The average molecular weight is 222 g/mol. The van der Waals surface area contributed by atoms with Gasteiger partial charge in [0, 0.05) is 5.56 Å². The second-order valence-corrected chi connectivity index (χ2v) is 2.92. The van der Waals surface area contributed by atoms with Gasteiger partial charge in [0.15, 0.2) is 11.5 Å². The summed E-state index contributed by atoms with van der Waals surface area (Å²) in [6.07, 6.45) is 3.74. The number of carbonyl (C=O) groups excluding carboxylic acids is 1. The van der Waals surface area contributed by atoms with Crippen LogP contribution in [0.2, 0.25) is 0 Å². The zero-order chi connectivity index (χ0) is 12.0. The fourth-order valence-electron chi connectivity index (χ4n) is 1.40. The van der Waals surface area contributed by atoms with E-state index in [2.05, 4.69) is 0 Å². The summed E-state index contributed by atoms with van der Waals surface area (Å²) < 4.78 is 15.6. The van der Waals surface area contributed by atoms with E-state index < -0.39 is 0 Å². The van der Waals surface area contributed by atoms with Crippen molar-refractivity contribution in [3.05, 3.63) is 23.8 Å². The van der Waals surface area contributed by atoms with Gasteiger partial charge in [-0.15, -0.1) is 0 Å². The summed E-state index contributed by atoms with van der Waals surface area (Å²) in [6, 6.07) is 3.55. The van der Waals surface area contributed by atoms with Crippen molar-refractivity contribution in [3.63, 3.8) is 0 Å². The number of benzene rings is 1. The maximum atomic E-state index is 10.3. The van der Waals surface area contributed by atoms with Gasteiger partial charge in [0.05, 0.1) is 21.3 Å². The fraction of sp³-hybridized carbons (Fsp3) is 0.250. The molecule has 0 saturated carbocycles. The van der Waals surface area contributed by atoms with Crippen molar-refractivity contribution >= 4 is 12.4 Å². The molecule has 0 aliphatic heterocycles. The van der Waals surface area contributed by atoms with E-state index in [0.717, 1.165) is 5.56 Å². The van der Waals surface area contributed by atoms with Crippen molar-refractivity contribution in [1.29, 1.82) is 0 Å². The second-order valence-electron chi connectivity index (χ2n) is 2.92. The van der Waals surface area contributed by atoms with E-state index in [1.807, 2.05) is 0 Å². The molecule has 0 aromatic heterocycles. The number of allylic oxidation sites excluding steroid dienone is 1. The molecule has 0 amide bonds. The highest BCUT2D eigenvalue weighted by molar-refractivity contribution is 5.77. The maximum absolute atomic E-state index is 10.3. The summed E-state index contributed by atoms with van der Waals surface area (Å²) in [4.78, 5) is 10.3. The van der Waals surface area contributed by atoms with Crippen LogP contribution >= 0.6 is 0 Å². The number of rotatable bonds is 5. The van der Waals surface area contributed by atoms with Crippen LogP contribution in [0.5, 0.6) is 17.2 Å². The third kappa shape index (κ3) is 2.34. The summed E-state index contributed by atoms with van der Waals surface area (Å²) >= 11 is 0. The Morgan fingerprint density at radius 3 is 2.19 bits per heavy atom. The van der Waals surface area contributed by atoms with Crippen molar-refractivity contribution in [3.8, 4) is 17.2 Å². The summed E-state index contributed by atoms with van der Waals surface area (Å²) in [5.41, 5.74) is 0.757. The van der Waals surface area contributed by atoms with Crippen molar-refractivity contribution in [1.82, 2.24) is 0 Å². The summed E-state index contributed by atoms with van der Waals surface area (Å²) in [6.45, 7) is 0. The molecule has 0 bridgehead atoms. The van der Waals surface area contributed by atoms with Gasteiger partial charge in [-0.2, -0.15) is 0 Å². The molecule has 0 aliphatic carbocycles. The summed E-state index contributed by atoms with van der Waals surface area (Å²) in [7, 11) is 4.63. The van der Waals surface area contributed by atoms with Crippen LogP contribution < -0.4 is 14.2 Å². The highest BCUT2D eigenvalue weighted by atomic mass is 16.5. The Kier molecular flexibility index (Phi) is 4.39. The van der Waals surface area contributed by atoms with E-state index in [0.29, 0.717) is 23.5 Å². The van der Waals surface area contributed by atoms with E-state index in [9.17, 15) is 4.79 Å². The van der Waals surface area contributed by atoms with Gasteiger partial charge in [-0.05, 0) is 24.3 Å². The van der Waals surface area contributed by atoms with Crippen molar-refractivity contribution in [2.45, 2.75) is 0 Å². The molecular formula is C12H14O4. The zero-order valence-corrected chi connectivity index (χ0v) is 9.52. The van der Waals surface area contributed by atoms with Gasteiger partial charge in [-0.25, -0.2) is 0 Å². The summed E-state index contributed by atoms with van der Waals surface area (Å²) in [5.74, 6) is 1.64. The number of methoxy groups -OCH3 is 3. The third-order valence-corrected chi connectivity index (χ3v) is 2.09. The minimum absolute atomic E-state index is 0.512. The van der Waals surface area contributed by atoms with E-state index >= 15 is 0 Å². The van der Waals surface area contributed by atoms with Crippen LogP contribution in [0, 0.1) is 0 Å². The minimum atomic E-state index is 0.512. The first-order valence-corrected chi connectivity index (χ1v) is 4.69. The lowest BCUT2D eigenvalue weighted by molar-refractivity contribution is -0.104. The Hall–Kier alpha value is -1.97. The van der Waals surface area contributed by atoms with Gasteiger partial charge < -0.3 is 14.2 Å². The van der Waals surface area contributed by atoms with Gasteiger partial charge in [0.2, 0.25) is 5.75 Å². The first-order valence-electron chi connectivity index (χ1n) is 4.69. The van der Waals surface area contributed by atoms with Crippen LogP contribution in [0.15, 0.2) is 18.2 Å². The zero-order valence-electron chi connectivity index (χ0n) is 9.52. The number of ether oxygens (including phenoxy) is 3. The van der Waals surface area contributed by atoms with E-state index in [4.69, 9.17) is 14.2 Å². The molecule has 0 unspecified atom stereocenters. The molecule has 4 nitrogen and oxygen atoms in total. The van der Waals surface area contributed by atoms with Crippen LogP contribution in [0.3, 0.4) is 0 Å². The molecule has 0 radical (unpaired) electrons. The number of hydrogen-bond acceptors (Lipinski definition) is 4. The first kappa shape index (κ1) is 12.1. The predicted molar refractivity (Wildman–Crippen MR) is 61.2 cm³/mol. The SMILES string of the molecule is COc1ccc(/C=C/C=O)c(OC)c1OC. The number of carbonyl (C=O) groups is 1. The van der Waals surface area contributed by atoms with E-state index in [1.165, 1.54) is 20.3 Å². The van der Waals surface area contributed by atoms with Gasteiger partial charge >= 0.3 is 0 Å². The van der Waals surface area contributed by atoms with Gasteiger partial charge in [-0.1, -0.05) is 0 Å². The Balaban J connectivity index is 3.30. The molecule has 0 fully saturated rings. The van der Waals surface area contributed by atoms with Crippen LogP contribution in [-0.4, -0.2) is 27.6 Å². The Labute approximate surface area is 94.4 Å². The molecule has 86 valence electrons. The molecule has 1 rings (SSSR count). The highest BCUT2D eigenvalue weighted by Crippen LogP contribution is 2.40. The third-order valence-electron chi connectivity index (χ3n) is 2.09. The molecule has 0 atom stereocenters. The maximum Gasteiger partial charge on any atom is 0.203 e. The smallest absolute Gasteiger partial charge is 0.203 e. The lowest BCUT2D eigenvalue weighted by Crippen LogP contribution is -1.96. The molecule has 4 heteroatoms. The first-order chi connectivity index (χ1) is 7.78. The molecule has 0 saturated heterocycles. The van der Waals surface area contributed by atoms with Gasteiger partial charge in [-0.3, -0.25) is 4.79 Å². The molecule has 0 aliphatic rings. The molecular weight excluding hydrogens is 208 g/mol. The second kappa shape index (κ2) is 5.80. The number of hydrogen-bond donors (Lipinski definition) is 0. The highest BCUT2D eigenvalue weighted by Gasteiger charge is 2.13. The van der Waals surface area contributed by atoms with Crippen LogP contribution in [0.4, 0.5) is 0 Å². The monoisotopic (exact) mass is 222 g/mol. The average Bonchev–Trinajstić information content (AvgIpc) is 2.34. The van der Waals surface area contributed by atoms with E-state index in [1.54, 1.807) is 25.3 Å². The van der Waals surface area contributed by atoms with E-state index in [-0.39, 0.29) is 0 Å². The molecule has 0 spiro atoms. The predicted octanol–water partition coefficient (Wildman–Crippen LogP) is 1.92. The van der Waals surface area contributed by atoms with Gasteiger partial charge in [0.1, 0.15) is 6.29 Å². The number of aldehydes is 1. The molecule has 1 aromatic rings. The minimum Gasteiger partial charge on any atom is -0.493 e. The lowest BCUT2D eigenvalue weighted by Gasteiger charge is -2.13. The topological polar surface area (TPSA) is 44.8 Å². The normalized spacial score (nSPS) is 10.2. The molecule has 16 heavy (non-hydrogen) atoms. The quantitative estimate of drug-likeness (QED) is 0.564. The largest absolute Gasteiger partial charge is 0.493 e. The van der Waals surface area contributed by atoms with Crippen molar-refractivity contribution in [2.75, 3.05) is 21.3 Å². The Morgan fingerprint density at radius 1 is 1.00 bits per heavy atom. The molecule has 0 N–H and O–H groups in total. The standard InChI is InChI=1S/C12H14O4/c1-14-10-7-6-9(5-4-8-13)11(15-2)12(10)16-3/h4-8H,1-3H3/b5-4+. The summed E-state index contributed by atoms with van der Waals surface area (Å²) in [5, 5.41) is 0.